The second-order valence-electron chi connectivity index (χ2n) is 6.36. The molecule has 2 atom stereocenters. The van der Waals surface area contributed by atoms with Gasteiger partial charge in [0.05, 0.1) is 24.9 Å². The number of nitrogens with zero attached hydrogens (tertiary/aromatic N) is 3. The predicted octanol–water partition coefficient (Wildman–Crippen LogP) is 1.83. The van der Waals surface area contributed by atoms with Gasteiger partial charge in [-0.05, 0) is 5.56 Å². The normalized spacial score (nSPS) is 19.9. The number of benzene rings is 1. The number of ether oxygens (including phenoxy) is 2. The second kappa shape index (κ2) is 7.51. The summed E-state index contributed by atoms with van der Waals surface area (Å²) >= 11 is 0. The molecule has 2 aromatic rings. The van der Waals surface area contributed by atoms with Gasteiger partial charge in [-0.25, -0.2) is 4.98 Å². The Balaban J connectivity index is 1.58. The molecule has 0 spiro atoms. The Hall–Kier alpha value is -3.68. The minimum atomic E-state index is -0.506. The Morgan fingerprint density at radius 2 is 2.11 bits per heavy atom. The number of primary amides is 1. The van der Waals surface area contributed by atoms with E-state index in [0.717, 1.165) is 11.1 Å². The van der Waals surface area contributed by atoms with Gasteiger partial charge in [0.25, 0.3) is 5.88 Å². The fourth-order valence-electron chi connectivity index (χ4n) is 3.21. The molecular formula is C20H19N5O3. The third-order valence-electron chi connectivity index (χ3n) is 4.62. The highest BCUT2D eigenvalue weighted by atomic mass is 16.5. The summed E-state index contributed by atoms with van der Waals surface area (Å²) in [6.45, 7) is 0.561. The van der Waals surface area contributed by atoms with Gasteiger partial charge in [0.2, 0.25) is 5.91 Å². The highest BCUT2D eigenvalue weighted by Crippen LogP contribution is 2.38. The van der Waals surface area contributed by atoms with Crippen LogP contribution in [0, 0.1) is 5.92 Å². The summed E-state index contributed by atoms with van der Waals surface area (Å²) in [4.78, 5) is 16.2. The number of amides is 1. The monoisotopic (exact) mass is 377 g/mol. The molecule has 28 heavy (non-hydrogen) atoms. The Labute approximate surface area is 161 Å². The molecule has 1 aliphatic carbocycles. The third-order valence-corrected chi connectivity index (χ3v) is 4.62. The van der Waals surface area contributed by atoms with Crippen LogP contribution in [0.15, 0.2) is 60.4 Å². The third kappa shape index (κ3) is 3.32. The molecule has 0 bridgehead atoms. The zero-order valence-electron chi connectivity index (χ0n) is 15.2. The van der Waals surface area contributed by atoms with Gasteiger partial charge in [0, 0.05) is 12.1 Å². The molecule has 0 saturated carbocycles. The maximum absolute atomic E-state index is 11.6. The summed E-state index contributed by atoms with van der Waals surface area (Å²) in [6, 6.07) is 9.93. The first-order valence-electron chi connectivity index (χ1n) is 8.78. The molecule has 1 aliphatic heterocycles. The van der Waals surface area contributed by atoms with Crippen LogP contribution in [0.5, 0.6) is 5.88 Å². The number of methoxy groups -OCH3 is 1. The highest BCUT2D eigenvalue weighted by Gasteiger charge is 2.38. The summed E-state index contributed by atoms with van der Waals surface area (Å²) in [6.07, 6.45) is 6.48. The fourth-order valence-corrected chi connectivity index (χ4v) is 3.21. The Kier molecular flexibility index (Phi) is 4.76. The van der Waals surface area contributed by atoms with Gasteiger partial charge < -0.3 is 20.5 Å². The first kappa shape index (κ1) is 17.7. The van der Waals surface area contributed by atoms with E-state index in [9.17, 15) is 4.79 Å². The molecule has 3 N–H and O–H groups in total. The van der Waals surface area contributed by atoms with E-state index in [-0.39, 0.29) is 5.92 Å². The molecule has 2 unspecified atom stereocenters. The lowest BCUT2D eigenvalue weighted by atomic mass is 9.86. The van der Waals surface area contributed by atoms with Crippen molar-refractivity contribution >= 4 is 17.3 Å². The summed E-state index contributed by atoms with van der Waals surface area (Å²) in [7, 11) is 1.51. The van der Waals surface area contributed by atoms with Crippen LogP contribution in [0.25, 0.3) is 5.57 Å². The predicted molar refractivity (Wildman–Crippen MR) is 103 cm³/mol. The summed E-state index contributed by atoms with van der Waals surface area (Å²) < 4.78 is 11.0. The van der Waals surface area contributed by atoms with Gasteiger partial charge in [-0.2, -0.15) is 0 Å². The molecule has 2 heterocycles. The lowest BCUT2D eigenvalue weighted by Gasteiger charge is -2.21. The van der Waals surface area contributed by atoms with Crippen LogP contribution < -0.4 is 15.8 Å². The Bertz CT molecular complexity index is 985. The number of rotatable bonds is 6. The minimum absolute atomic E-state index is 0.204. The average molecular weight is 377 g/mol. The van der Waals surface area contributed by atoms with E-state index in [1.807, 2.05) is 36.4 Å². The van der Waals surface area contributed by atoms with Crippen molar-refractivity contribution in [2.24, 2.45) is 11.7 Å². The summed E-state index contributed by atoms with van der Waals surface area (Å²) in [5.41, 5.74) is 7.69. The quantitative estimate of drug-likeness (QED) is 0.790. The van der Waals surface area contributed by atoms with Crippen LogP contribution >= 0.6 is 0 Å². The SMILES string of the molecule is COc1nnc(C2=COC3C(C(N)=O)=CC=CC23)nc1NCc1ccccc1. The van der Waals surface area contributed by atoms with E-state index in [1.54, 1.807) is 18.4 Å². The van der Waals surface area contributed by atoms with E-state index < -0.39 is 12.0 Å². The van der Waals surface area contributed by atoms with Crippen molar-refractivity contribution in [1.82, 2.24) is 15.2 Å². The molecular weight excluding hydrogens is 358 g/mol. The minimum Gasteiger partial charge on any atom is -0.492 e. The second-order valence-corrected chi connectivity index (χ2v) is 6.36. The fraction of sp³-hybridized carbons (Fsp3) is 0.200. The average Bonchev–Trinajstić information content (AvgIpc) is 3.17. The molecule has 1 aromatic carbocycles. The van der Waals surface area contributed by atoms with Crippen LogP contribution in [0.4, 0.5) is 5.82 Å². The van der Waals surface area contributed by atoms with Crippen molar-refractivity contribution in [2.45, 2.75) is 12.6 Å². The van der Waals surface area contributed by atoms with Gasteiger partial charge in [-0.3, -0.25) is 4.79 Å². The van der Waals surface area contributed by atoms with Crippen LogP contribution in [0.3, 0.4) is 0 Å². The van der Waals surface area contributed by atoms with E-state index in [2.05, 4.69) is 20.5 Å². The number of carbonyl (C=O) groups is 1. The van der Waals surface area contributed by atoms with E-state index in [0.29, 0.717) is 29.6 Å². The number of nitrogens with one attached hydrogen (secondary N) is 1. The van der Waals surface area contributed by atoms with E-state index in [1.165, 1.54) is 7.11 Å². The number of hydrogen-bond donors (Lipinski definition) is 2. The van der Waals surface area contributed by atoms with Crippen molar-refractivity contribution in [3.8, 4) is 5.88 Å². The number of fused-ring (bicyclic) bond motifs is 1. The smallest absolute Gasteiger partial charge is 0.276 e. The van der Waals surface area contributed by atoms with Crippen molar-refractivity contribution in [1.29, 1.82) is 0 Å². The molecule has 142 valence electrons. The molecule has 0 radical (unpaired) electrons. The van der Waals surface area contributed by atoms with Gasteiger partial charge in [0.15, 0.2) is 11.6 Å². The lowest BCUT2D eigenvalue weighted by Crippen LogP contribution is -2.30. The van der Waals surface area contributed by atoms with Crippen molar-refractivity contribution < 1.29 is 14.3 Å². The van der Waals surface area contributed by atoms with E-state index in [4.69, 9.17) is 15.2 Å². The molecule has 8 heteroatoms. The zero-order chi connectivity index (χ0) is 19.5. The Morgan fingerprint density at radius 3 is 2.86 bits per heavy atom. The van der Waals surface area contributed by atoms with Crippen LogP contribution in [-0.2, 0) is 16.1 Å². The first-order valence-corrected chi connectivity index (χ1v) is 8.78. The number of anilines is 1. The van der Waals surface area contributed by atoms with Crippen molar-refractivity contribution in [3.05, 3.63) is 71.8 Å². The maximum Gasteiger partial charge on any atom is 0.276 e. The number of carbonyl (C=O) groups excluding carboxylic acids is 1. The summed E-state index contributed by atoms with van der Waals surface area (Å²) in [5.74, 6) is 0.468. The number of allylic oxidation sites excluding steroid dienone is 2. The van der Waals surface area contributed by atoms with Gasteiger partial charge >= 0.3 is 0 Å². The molecule has 8 nitrogen and oxygen atoms in total. The molecule has 2 aliphatic rings. The zero-order valence-corrected chi connectivity index (χ0v) is 15.2. The number of hydrogen-bond acceptors (Lipinski definition) is 7. The Morgan fingerprint density at radius 1 is 1.29 bits per heavy atom. The summed E-state index contributed by atoms with van der Waals surface area (Å²) in [5, 5.41) is 11.5. The highest BCUT2D eigenvalue weighted by molar-refractivity contribution is 5.94. The molecule has 1 amide bonds. The maximum atomic E-state index is 11.6. The molecule has 1 aromatic heterocycles. The topological polar surface area (TPSA) is 112 Å². The lowest BCUT2D eigenvalue weighted by molar-refractivity contribution is -0.115. The van der Waals surface area contributed by atoms with Crippen LogP contribution in [0.2, 0.25) is 0 Å². The van der Waals surface area contributed by atoms with Gasteiger partial charge in [0.1, 0.15) is 6.10 Å². The van der Waals surface area contributed by atoms with Crippen LogP contribution in [0.1, 0.15) is 11.4 Å². The number of nitrogens with two attached hydrogens (primary N) is 1. The standard InChI is InChI=1S/C20H19N5O3/c1-27-20-19(22-10-12-6-3-2-4-7-12)23-18(24-25-20)15-11-28-16-13(15)8-5-9-14(16)17(21)26/h2-9,11,13,16H,10H2,1H3,(H2,21,26)(H,22,23,24). The van der Waals surface area contributed by atoms with Crippen molar-refractivity contribution in [2.75, 3.05) is 12.4 Å². The first-order chi connectivity index (χ1) is 13.7. The van der Waals surface area contributed by atoms with E-state index >= 15 is 0 Å². The van der Waals surface area contributed by atoms with Crippen molar-refractivity contribution in [3.63, 3.8) is 0 Å². The molecule has 0 saturated heterocycles. The van der Waals surface area contributed by atoms with Gasteiger partial charge in [-0.1, -0.05) is 48.6 Å². The van der Waals surface area contributed by atoms with Gasteiger partial charge in [-0.15, -0.1) is 10.2 Å². The largest absolute Gasteiger partial charge is 0.492 e. The number of aromatic nitrogens is 3. The molecule has 4 rings (SSSR count). The molecule has 0 fully saturated rings. The van der Waals surface area contributed by atoms with Crippen LogP contribution in [-0.4, -0.2) is 34.3 Å².